The molecule has 1 aliphatic heterocycles. The van der Waals surface area contributed by atoms with Gasteiger partial charge in [-0.2, -0.15) is 24.5 Å². The molecule has 0 fully saturated rings. The van der Waals surface area contributed by atoms with Gasteiger partial charge in [0.2, 0.25) is 5.91 Å². The molecule has 3 nitrogen and oxygen atoms in total. The van der Waals surface area contributed by atoms with Gasteiger partial charge >= 0.3 is 6.18 Å². The van der Waals surface area contributed by atoms with Crippen LogP contribution in [0.3, 0.4) is 0 Å². The van der Waals surface area contributed by atoms with Crippen molar-refractivity contribution in [3.8, 4) is 0 Å². The summed E-state index contributed by atoms with van der Waals surface area (Å²) in [5.41, 5.74) is 1.41. The number of Topliss-reactive ketones (excluding diaryl/α,β-unsaturated/α-hetero) is 1. The van der Waals surface area contributed by atoms with Crippen LogP contribution in [0.25, 0.3) is 0 Å². The number of anilines is 1. The zero-order valence-corrected chi connectivity index (χ0v) is 15.1. The van der Waals surface area contributed by atoms with Crippen molar-refractivity contribution in [3.63, 3.8) is 0 Å². The molecule has 1 aromatic heterocycles. The fraction of sp³-hybridized carbons (Fsp3) is 0.300. The lowest BCUT2D eigenvalue weighted by Crippen LogP contribution is -2.40. The number of hydrogen-bond donors (Lipinski definition) is 0. The van der Waals surface area contributed by atoms with Gasteiger partial charge in [-0.25, -0.2) is 0 Å². The van der Waals surface area contributed by atoms with Gasteiger partial charge in [0.15, 0.2) is 5.78 Å². The third-order valence-corrected chi connectivity index (χ3v) is 5.75. The largest absolute Gasteiger partial charge is 0.416 e. The summed E-state index contributed by atoms with van der Waals surface area (Å²) in [7, 11) is 0. The van der Waals surface area contributed by atoms with E-state index in [1.807, 2.05) is 16.8 Å². The minimum absolute atomic E-state index is 0.0167. The maximum absolute atomic E-state index is 13.1. The van der Waals surface area contributed by atoms with Crippen LogP contribution in [-0.2, 0) is 15.8 Å². The Hall–Kier alpha value is -2.41. The van der Waals surface area contributed by atoms with E-state index in [4.69, 9.17) is 0 Å². The molecule has 0 spiro atoms. The first kappa shape index (κ1) is 18.0. The number of allylic oxidation sites excluding steroid dienone is 2. The molecule has 2 aliphatic rings. The Balaban J connectivity index is 1.84. The summed E-state index contributed by atoms with van der Waals surface area (Å²) in [5.74, 6) is -0.607. The topological polar surface area (TPSA) is 37.4 Å². The molecule has 0 bridgehead atoms. The van der Waals surface area contributed by atoms with E-state index in [0.717, 1.165) is 17.7 Å². The summed E-state index contributed by atoms with van der Waals surface area (Å²) in [6.07, 6.45) is -2.91. The fourth-order valence-corrected chi connectivity index (χ4v) is 4.59. The number of amides is 1. The van der Waals surface area contributed by atoms with Gasteiger partial charge in [0.05, 0.1) is 5.56 Å². The van der Waals surface area contributed by atoms with E-state index >= 15 is 0 Å². The highest BCUT2D eigenvalue weighted by atomic mass is 32.1. The standard InChI is InChI=1S/C20H16F3NO2S/c21-20(22,23)13-3-1-4-14(9-13)24-16-5-2-6-17(25)19(16)15(10-18(24)26)12-7-8-27-11-12/h1,3-4,7-9,11,15H,2,5-6,10H2. The first-order valence-corrected chi connectivity index (χ1v) is 9.59. The molecule has 1 aromatic carbocycles. The van der Waals surface area contributed by atoms with Gasteiger partial charge in [-0.05, 0) is 53.4 Å². The molecule has 140 valence electrons. The number of alkyl halides is 3. The first-order chi connectivity index (χ1) is 12.9. The van der Waals surface area contributed by atoms with Crippen molar-refractivity contribution in [2.24, 2.45) is 0 Å². The van der Waals surface area contributed by atoms with Gasteiger partial charge in [-0.3, -0.25) is 14.5 Å². The molecule has 1 unspecified atom stereocenters. The molecule has 1 aliphatic carbocycles. The number of nitrogens with zero attached hydrogens (tertiary/aromatic N) is 1. The number of rotatable bonds is 2. The molecule has 27 heavy (non-hydrogen) atoms. The number of ketones is 1. The van der Waals surface area contributed by atoms with Crippen LogP contribution < -0.4 is 4.90 Å². The van der Waals surface area contributed by atoms with Crippen molar-refractivity contribution in [1.29, 1.82) is 0 Å². The molecule has 1 atom stereocenters. The van der Waals surface area contributed by atoms with Crippen LogP contribution in [0, 0.1) is 0 Å². The summed E-state index contributed by atoms with van der Waals surface area (Å²) < 4.78 is 39.3. The third kappa shape index (κ3) is 3.20. The molecule has 1 amide bonds. The summed E-state index contributed by atoms with van der Waals surface area (Å²) in [6, 6.07) is 6.64. The molecule has 0 saturated carbocycles. The van der Waals surface area contributed by atoms with Gasteiger partial charge in [-0.15, -0.1) is 0 Å². The highest BCUT2D eigenvalue weighted by Gasteiger charge is 2.40. The zero-order chi connectivity index (χ0) is 19.2. The van der Waals surface area contributed by atoms with E-state index in [-0.39, 0.29) is 29.7 Å². The number of halogens is 3. The van der Waals surface area contributed by atoms with Crippen molar-refractivity contribution >= 4 is 28.7 Å². The number of carbonyl (C=O) groups excluding carboxylic acids is 2. The lowest BCUT2D eigenvalue weighted by atomic mass is 9.78. The Kier molecular flexibility index (Phi) is 4.42. The van der Waals surface area contributed by atoms with Crippen LogP contribution >= 0.6 is 11.3 Å². The molecule has 0 N–H and O–H groups in total. The van der Waals surface area contributed by atoms with Crippen molar-refractivity contribution in [3.05, 3.63) is 63.5 Å². The second kappa shape index (κ2) is 6.64. The molecule has 7 heteroatoms. The first-order valence-electron chi connectivity index (χ1n) is 8.65. The Labute approximate surface area is 158 Å². The maximum atomic E-state index is 13.1. The van der Waals surface area contributed by atoms with E-state index in [1.165, 1.54) is 28.4 Å². The molecule has 0 saturated heterocycles. The van der Waals surface area contributed by atoms with Crippen molar-refractivity contribution in [2.45, 2.75) is 37.8 Å². The smallest absolute Gasteiger partial charge is 0.294 e. The van der Waals surface area contributed by atoms with Crippen LogP contribution in [-0.4, -0.2) is 11.7 Å². The van der Waals surface area contributed by atoms with Crippen LogP contribution in [0.4, 0.5) is 18.9 Å². The predicted octanol–water partition coefficient (Wildman–Crippen LogP) is 5.29. The highest BCUT2D eigenvalue weighted by Crippen LogP contribution is 2.44. The Bertz CT molecular complexity index is 931. The van der Waals surface area contributed by atoms with Crippen LogP contribution in [0.2, 0.25) is 0 Å². The molecule has 2 aromatic rings. The molecule has 0 radical (unpaired) electrons. The second-order valence-corrected chi connectivity index (χ2v) is 7.51. The Morgan fingerprint density at radius 1 is 1.11 bits per heavy atom. The summed E-state index contributed by atoms with van der Waals surface area (Å²) in [5, 5.41) is 3.82. The van der Waals surface area contributed by atoms with Crippen LogP contribution in [0.5, 0.6) is 0 Å². The van der Waals surface area contributed by atoms with Crippen molar-refractivity contribution in [2.75, 3.05) is 4.90 Å². The predicted molar refractivity (Wildman–Crippen MR) is 96.5 cm³/mol. The van der Waals surface area contributed by atoms with E-state index in [9.17, 15) is 22.8 Å². The highest BCUT2D eigenvalue weighted by molar-refractivity contribution is 7.08. The van der Waals surface area contributed by atoms with E-state index in [2.05, 4.69) is 0 Å². The minimum atomic E-state index is -4.49. The van der Waals surface area contributed by atoms with E-state index < -0.39 is 11.7 Å². The fourth-order valence-electron chi connectivity index (χ4n) is 3.87. The van der Waals surface area contributed by atoms with Gasteiger partial charge in [0, 0.05) is 35.7 Å². The second-order valence-electron chi connectivity index (χ2n) is 6.73. The van der Waals surface area contributed by atoms with Gasteiger partial charge in [-0.1, -0.05) is 6.07 Å². The van der Waals surface area contributed by atoms with Crippen LogP contribution in [0.15, 0.2) is 52.4 Å². The molecule has 4 rings (SSSR count). The average molecular weight is 391 g/mol. The average Bonchev–Trinajstić information content (AvgIpc) is 3.15. The summed E-state index contributed by atoms with van der Waals surface area (Å²) in [6.45, 7) is 0. The molecule has 2 heterocycles. The maximum Gasteiger partial charge on any atom is 0.416 e. The Morgan fingerprint density at radius 2 is 1.93 bits per heavy atom. The zero-order valence-electron chi connectivity index (χ0n) is 14.3. The number of thiophene rings is 1. The number of benzene rings is 1. The van der Waals surface area contributed by atoms with Crippen molar-refractivity contribution < 1.29 is 22.8 Å². The van der Waals surface area contributed by atoms with Crippen LogP contribution in [0.1, 0.15) is 42.7 Å². The monoisotopic (exact) mass is 391 g/mol. The quantitative estimate of drug-likeness (QED) is 0.697. The summed E-state index contributed by atoms with van der Waals surface area (Å²) in [4.78, 5) is 26.9. The number of carbonyl (C=O) groups is 2. The lowest BCUT2D eigenvalue weighted by Gasteiger charge is -2.38. The molecular formula is C20H16F3NO2S. The van der Waals surface area contributed by atoms with E-state index in [0.29, 0.717) is 30.5 Å². The number of hydrogen-bond acceptors (Lipinski definition) is 3. The Morgan fingerprint density at radius 3 is 2.63 bits per heavy atom. The minimum Gasteiger partial charge on any atom is -0.294 e. The van der Waals surface area contributed by atoms with Gasteiger partial charge in [0.25, 0.3) is 0 Å². The normalized spacial score (nSPS) is 20.9. The SMILES string of the molecule is O=C1CCCC2=C1C(c1ccsc1)CC(=O)N2c1cccc(C(F)(F)F)c1. The summed E-state index contributed by atoms with van der Waals surface area (Å²) >= 11 is 1.49. The third-order valence-electron chi connectivity index (χ3n) is 5.05. The van der Waals surface area contributed by atoms with Gasteiger partial charge < -0.3 is 0 Å². The molecular weight excluding hydrogens is 375 g/mol. The lowest BCUT2D eigenvalue weighted by molar-refractivity contribution is -0.137. The van der Waals surface area contributed by atoms with Crippen molar-refractivity contribution in [1.82, 2.24) is 0 Å². The van der Waals surface area contributed by atoms with Gasteiger partial charge in [0.1, 0.15) is 0 Å². The van der Waals surface area contributed by atoms with E-state index in [1.54, 1.807) is 0 Å².